The molecule has 2 aromatic rings. The Morgan fingerprint density at radius 3 is 2.56 bits per heavy atom. The van der Waals surface area contributed by atoms with Gasteiger partial charge in [-0.05, 0) is 30.7 Å². The third kappa shape index (κ3) is 2.97. The highest BCUT2D eigenvalue weighted by Crippen LogP contribution is 2.22. The van der Waals surface area contributed by atoms with Gasteiger partial charge in [0.1, 0.15) is 5.82 Å². The highest BCUT2D eigenvalue weighted by Gasteiger charge is 2.02. The lowest BCUT2D eigenvalue weighted by atomic mass is 10.1. The van der Waals surface area contributed by atoms with Crippen molar-refractivity contribution in [2.75, 3.05) is 24.3 Å². The van der Waals surface area contributed by atoms with Gasteiger partial charge in [0.05, 0.1) is 6.54 Å². The van der Waals surface area contributed by atoms with E-state index in [1.54, 1.807) is 12.4 Å². The molecule has 0 aliphatic heterocycles. The molecule has 1 N–H and O–H groups in total. The Balaban J connectivity index is 2.08. The van der Waals surface area contributed by atoms with Gasteiger partial charge >= 0.3 is 0 Å². The first kappa shape index (κ1) is 12.4. The summed E-state index contributed by atoms with van der Waals surface area (Å²) in [5.74, 6) is 0.796. The second kappa shape index (κ2) is 5.49. The third-order valence-electron chi connectivity index (χ3n) is 2.76. The average Bonchev–Trinajstić information content (AvgIpc) is 2.38. The number of aryl methyl sites for hydroxylation is 1. The van der Waals surface area contributed by atoms with Crippen LogP contribution >= 0.6 is 0 Å². The number of rotatable bonds is 4. The topological polar surface area (TPSA) is 41.1 Å². The molecule has 0 fully saturated rings. The van der Waals surface area contributed by atoms with Crippen LogP contribution < -0.4 is 10.2 Å². The molecule has 18 heavy (non-hydrogen) atoms. The van der Waals surface area contributed by atoms with Gasteiger partial charge in [-0.2, -0.15) is 0 Å². The molecule has 0 aliphatic carbocycles. The van der Waals surface area contributed by atoms with E-state index in [0.29, 0.717) is 6.54 Å². The van der Waals surface area contributed by atoms with Crippen LogP contribution in [-0.2, 0) is 6.54 Å². The summed E-state index contributed by atoms with van der Waals surface area (Å²) in [7, 11) is 4.10. The van der Waals surface area contributed by atoms with E-state index in [1.165, 1.54) is 11.3 Å². The monoisotopic (exact) mass is 242 g/mol. The molecular formula is C14H18N4. The highest BCUT2D eigenvalue weighted by atomic mass is 15.1. The van der Waals surface area contributed by atoms with Crippen LogP contribution in [0.1, 0.15) is 11.4 Å². The summed E-state index contributed by atoms with van der Waals surface area (Å²) >= 11 is 0. The molecule has 0 saturated carbocycles. The number of aromatic nitrogens is 2. The van der Waals surface area contributed by atoms with Crippen LogP contribution in [0.4, 0.5) is 11.4 Å². The fraction of sp³-hybridized carbons (Fsp3) is 0.286. The minimum absolute atomic E-state index is 0.636. The van der Waals surface area contributed by atoms with Crippen molar-refractivity contribution in [1.29, 1.82) is 0 Å². The Labute approximate surface area is 108 Å². The van der Waals surface area contributed by atoms with E-state index in [0.717, 1.165) is 11.5 Å². The van der Waals surface area contributed by atoms with Gasteiger partial charge in [-0.25, -0.2) is 9.97 Å². The van der Waals surface area contributed by atoms with Crippen molar-refractivity contribution in [3.63, 3.8) is 0 Å². The summed E-state index contributed by atoms with van der Waals surface area (Å²) in [6, 6.07) is 8.15. The maximum absolute atomic E-state index is 4.18. The number of anilines is 2. The van der Waals surface area contributed by atoms with Gasteiger partial charge < -0.3 is 10.2 Å². The summed E-state index contributed by atoms with van der Waals surface area (Å²) in [5.41, 5.74) is 3.56. The Morgan fingerprint density at radius 1 is 1.17 bits per heavy atom. The normalized spacial score (nSPS) is 10.2. The fourth-order valence-corrected chi connectivity index (χ4v) is 1.80. The van der Waals surface area contributed by atoms with E-state index in [2.05, 4.69) is 45.3 Å². The maximum Gasteiger partial charge on any atom is 0.147 e. The lowest BCUT2D eigenvalue weighted by molar-refractivity contribution is 0.948. The quantitative estimate of drug-likeness (QED) is 0.894. The molecule has 0 atom stereocenters. The van der Waals surface area contributed by atoms with Gasteiger partial charge in [0.25, 0.3) is 0 Å². The minimum Gasteiger partial charge on any atom is -0.378 e. The van der Waals surface area contributed by atoms with E-state index in [4.69, 9.17) is 0 Å². The van der Waals surface area contributed by atoms with Crippen molar-refractivity contribution >= 4 is 11.4 Å². The Bertz CT molecular complexity index is 508. The molecule has 4 nitrogen and oxygen atoms in total. The van der Waals surface area contributed by atoms with Crippen LogP contribution in [0.2, 0.25) is 0 Å². The molecule has 1 aromatic heterocycles. The number of hydrogen-bond acceptors (Lipinski definition) is 4. The Hall–Kier alpha value is -2.10. The maximum atomic E-state index is 4.18. The van der Waals surface area contributed by atoms with Crippen LogP contribution in [0.25, 0.3) is 0 Å². The van der Waals surface area contributed by atoms with Crippen molar-refractivity contribution in [2.45, 2.75) is 13.5 Å². The Kier molecular flexibility index (Phi) is 3.77. The molecule has 94 valence electrons. The van der Waals surface area contributed by atoms with E-state index >= 15 is 0 Å². The van der Waals surface area contributed by atoms with Crippen LogP contribution in [0, 0.1) is 6.92 Å². The first-order valence-corrected chi connectivity index (χ1v) is 5.94. The lowest BCUT2D eigenvalue weighted by Crippen LogP contribution is -2.11. The summed E-state index contributed by atoms with van der Waals surface area (Å²) in [4.78, 5) is 10.5. The molecule has 1 aromatic carbocycles. The largest absolute Gasteiger partial charge is 0.378 e. The second-order valence-corrected chi connectivity index (χ2v) is 4.41. The minimum atomic E-state index is 0.636. The summed E-state index contributed by atoms with van der Waals surface area (Å²) < 4.78 is 0. The molecule has 0 bridgehead atoms. The van der Waals surface area contributed by atoms with Crippen LogP contribution in [0.5, 0.6) is 0 Å². The van der Waals surface area contributed by atoms with Crippen LogP contribution in [0.15, 0.2) is 36.7 Å². The highest BCUT2D eigenvalue weighted by molar-refractivity contribution is 5.61. The average molecular weight is 242 g/mol. The SMILES string of the molecule is Cc1ccc(NCc2ncccn2)cc1N(C)C. The molecule has 0 amide bonds. The van der Waals surface area contributed by atoms with Gasteiger partial charge in [0.2, 0.25) is 0 Å². The number of benzene rings is 1. The van der Waals surface area contributed by atoms with Crippen molar-refractivity contribution in [1.82, 2.24) is 9.97 Å². The number of nitrogens with zero attached hydrogens (tertiary/aromatic N) is 3. The molecule has 0 aliphatic rings. The van der Waals surface area contributed by atoms with Gasteiger partial charge in [-0.15, -0.1) is 0 Å². The molecule has 0 saturated heterocycles. The predicted octanol–water partition coefficient (Wildman–Crippen LogP) is 2.46. The van der Waals surface area contributed by atoms with Gasteiger partial charge in [0.15, 0.2) is 0 Å². The molecule has 0 radical (unpaired) electrons. The predicted molar refractivity (Wildman–Crippen MR) is 74.9 cm³/mol. The summed E-state index contributed by atoms with van der Waals surface area (Å²) in [5, 5.41) is 3.33. The smallest absolute Gasteiger partial charge is 0.147 e. The lowest BCUT2D eigenvalue weighted by Gasteiger charge is -2.17. The summed E-state index contributed by atoms with van der Waals surface area (Å²) in [6.07, 6.45) is 3.51. The second-order valence-electron chi connectivity index (χ2n) is 4.41. The van der Waals surface area contributed by atoms with Crippen molar-refractivity contribution < 1.29 is 0 Å². The number of nitrogens with one attached hydrogen (secondary N) is 1. The first-order chi connectivity index (χ1) is 8.66. The van der Waals surface area contributed by atoms with Crippen molar-refractivity contribution in [2.24, 2.45) is 0 Å². The molecule has 0 unspecified atom stereocenters. The molecule has 4 heteroatoms. The van der Waals surface area contributed by atoms with Crippen molar-refractivity contribution in [3.8, 4) is 0 Å². The standard InChI is InChI=1S/C14H18N4/c1-11-5-6-12(9-13(11)18(2)3)17-10-14-15-7-4-8-16-14/h4-9,17H,10H2,1-3H3. The van der Waals surface area contributed by atoms with E-state index in [-0.39, 0.29) is 0 Å². The van der Waals surface area contributed by atoms with E-state index < -0.39 is 0 Å². The van der Waals surface area contributed by atoms with Crippen molar-refractivity contribution in [3.05, 3.63) is 48.0 Å². The molecule has 0 spiro atoms. The first-order valence-electron chi connectivity index (χ1n) is 5.94. The van der Waals surface area contributed by atoms with Gasteiger partial charge in [-0.1, -0.05) is 6.07 Å². The zero-order valence-corrected chi connectivity index (χ0v) is 11.0. The molecule has 1 heterocycles. The zero-order chi connectivity index (χ0) is 13.0. The third-order valence-corrected chi connectivity index (χ3v) is 2.76. The van der Waals surface area contributed by atoms with Crippen LogP contribution in [0.3, 0.4) is 0 Å². The molecule has 2 rings (SSSR count). The fourth-order valence-electron chi connectivity index (χ4n) is 1.80. The number of hydrogen-bond donors (Lipinski definition) is 1. The van der Waals surface area contributed by atoms with Gasteiger partial charge in [-0.3, -0.25) is 0 Å². The Morgan fingerprint density at radius 2 is 1.89 bits per heavy atom. The van der Waals surface area contributed by atoms with Crippen LogP contribution in [-0.4, -0.2) is 24.1 Å². The van der Waals surface area contributed by atoms with E-state index in [9.17, 15) is 0 Å². The zero-order valence-electron chi connectivity index (χ0n) is 11.0. The molecular weight excluding hydrogens is 224 g/mol. The van der Waals surface area contributed by atoms with Gasteiger partial charge in [0, 0.05) is 37.9 Å². The van der Waals surface area contributed by atoms with E-state index in [1.807, 2.05) is 20.2 Å². The summed E-state index contributed by atoms with van der Waals surface area (Å²) in [6.45, 7) is 2.75.